The van der Waals surface area contributed by atoms with Crippen molar-refractivity contribution in [1.29, 1.82) is 0 Å². The molecular formula is C13H24N4S. The van der Waals surface area contributed by atoms with Crippen LogP contribution in [0.1, 0.15) is 30.5 Å². The van der Waals surface area contributed by atoms with Crippen molar-refractivity contribution in [3.05, 3.63) is 10.6 Å². The van der Waals surface area contributed by atoms with Crippen molar-refractivity contribution in [3.8, 4) is 0 Å². The Balaban J connectivity index is 2.18. The maximum Gasteiger partial charge on any atom is 0.186 e. The summed E-state index contributed by atoms with van der Waals surface area (Å²) in [5, 5.41) is 4.49. The van der Waals surface area contributed by atoms with Gasteiger partial charge in [0.25, 0.3) is 0 Å². The molecule has 0 amide bonds. The van der Waals surface area contributed by atoms with E-state index in [4.69, 9.17) is 4.98 Å². The first-order valence-electron chi connectivity index (χ1n) is 6.62. The summed E-state index contributed by atoms with van der Waals surface area (Å²) < 4.78 is 0. The largest absolute Gasteiger partial charge is 0.343 e. The number of aromatic nitrogens is 1. The Morgan fingerprint density at radius 3 is 2.78 bits per heavy atom. The first-order valence-corrected chi connectivity index (χ1v) is 7.44. The number of rotatable bonds is 3. The predicted molar refractivity (Wildman–Crippen MR) is 78.6 cm³/mol. The van der Waals surface area contributed by atoms with Crippen molar-refractivity contribution in [2.24, 2.45) is 0 Å². The number of piperazine rings is 1. The molecule has 1 fully saturated rings. The van der Waals surface area contributed by atoms with E-state index in [2.05, 4.69) is 42.9 Å². The molecule has 4 nitrogen and oxygen atoms in total. The minimum absolute atomic E-state index is 0.388. The van der Waals surface area contributed by atoms with E-state index < -0.39 is 0 Å². The fraction of sp³-hybridized carbons (Fsp3) is 0.769. The molecule has 0 aromatic carbocycles. The number of thiazole rings is 1. The summed E-state index contributed by atoms with van der Waals surface area (Å²) in [5.41, 5.74) is 1.17. The Labute approximate surface area is 114 Å². The predicted octanol–water partition coefficient (Wildman–Crippen LogP) is 1.87. The van der Waals surface area contributed by atoms with Crippen LogP contribution < -0.4 is 10.2 Å². The van der Waals surface area contributed by atoms with Gasteiger partial charge in [-0.05, 0) is 34.9 Å². The summed E-state index contributed by atoms with van der Waals surface area (Å²) in [5.74, 6) is 0. The van der Waals surface area contributed by atoms with Gasteiger partial charge in [0.15, 0.2) is 5.13 Å². The van der Waals surface area contributed by atoms with Crippen LogP contribution in [0.5, 0.6) is 0 Å². The van der Waals surface area contributed by atoms with Gasteiger partial charge in [-0.2, -0.15) is 0 Å². The van der Waals surface area contributed by atoms with E-state index in [-0.39, 0.29) is 0 Å². The van der Waals surface area contributed by atoms with E-state index in [1.54, 1.807) is 0 Å². The molecule has 18 heavy (non-hydrogen) atoms. The lowest BCUT2D eigenvalue weighted by atomic mass is 10.2. The maximum absolute atomic E-state index is 4.76. The second-order valence-corrected chi connectivity index (χ2v) is 6.27. The van der Waals surface area contributed by atoms with E-state index >= 15 is 0 Å². The molecule has 2 atom stereocenters. The monoisotopic (exact) mass is 268 g/mol. The number of aryl methyl sites for hydroxylation is 1. The Hall–Kier alpha value is -0.650. The Morgan fingerprint density at radius 2 is 2.17 bits per heavy atom. The second-order valence-electron chi connectivity index (χ2n) is 5.26. The molecule has 5 heteroatoms. The van der Waals surface area contributed by atoms with E-state index in [1.807, 2.05) is 18.4 Å². The van der Waals surface area contributed by atoms with Gasteiger partial charge in [-0.3, -0.25) is 0 Å². The molecule has 0 radical (unpaired) electrons. The van der Waals surface area contributed by atoms with E-state index in [0.717, 1.165) is 19.6 Å². The lowest BCUT2D eigenvalue weighted by Crippen LogP contribution is -2.50. The number of likely N-dealkylation sites (N-methyl/N-ethyl adjacent to an activating group) is 1. The summed E-state index contributed by atoms with van der Waals surface area (Å²) in [4.78, 5) is 11.0. The third-order valence-electron chi connectivity index (χ3n) is 3.72. The molecule has 1 saturated heterocycles. The van der Waals surface area contributed by atoms with Gasteiger partial charge in [0.2, 0.25) is 0 Å². The third kappa shape index (κ3) is 2.68. The van der Waals surface area contributed by atoms with Crippen LogP contribution in [0.2, 0.25) is 0 Å². The SMILES string of the molecule is CNC(C)c1sc(N2CCN(C)CC2C)nc1C. The third-order valence-corrected chi connectivity index (χ3v) is 5.10. The molecule has 1 N–H and O–H groups in total. The van der Waals surface area contributed by atoms with Crippen LogP contribution in [0.4, 0.5) is 5.13 Å². The molecule has 0 spiro atoms. The standard InChI is InChI=1S/C13H24N4S/c1-9-8-16(5)6-7-17(9)13-15-11(3)12(18-13)10(2)14-4/h9-10,14H,6-8H2,1-5H3. The molecule has 1 aromatic rings. The smallest absolute Gasteiger partial charge is 0.186 e. The van der Waals surface area contributed by atoms with Crippen LogP contribution in [0.3, 0.4) is 0 Å². The molecule has 0 bridgehead atoms. The normalized spacial score (nSPS) is 23.4. The number of hydrogen-bond acceptors (Lipinski definition) is 5. The molecule has 2 rings (SSSR count). The van der Waals surface area contributed by atoms with Gasteiger partial charge in [-0.1, -0.05) is 0 Å². The van der Waals surface area contributed by atoms with E-state index in [1.165, 1.54) is 15.7 Å². The van der Waals surface area contributed by atoms with E-state index in [9.17, 15) is 0 Å². The maximum atomic E-state index is 4.76. The zero-order valence-electron chi connectivity index (χ0n) is 12.0. The van der Waals surface area contributed by atoms with Crippen LogP contribution in [0.15, 0.2) is 0 Å². The highest BCUT2D eigenvalue weighted by atomic mass is 32.1. The molecule has 1 aliphatic rings. The van der Waals surface area contributed by atoms with Gasteiger partial charge in [0.05, 0.1) is 5.69 Å². The Bertz CT molecular complexity index is 404. The van der Waals surface area contributed by atoms with Gasteiger partial charge < -0.3 is 15.1 Å². The first-order chi connectivity index (χ1) is 8.52. The average molecular weight is 268 g/mol. The number of nitrogens with zero attached hydrogens (tertiary/aromatic N) is 3. The van der Waals surface area contributed by atoms with Crippen molar-refractivity contribution in [1.82, 2.24) is 15.2 Å². The Morgan fingerprint density at radius 1 is 1.44 bits per heavy atom. The quantitative estimate of drug-likeness (QED) is 0.907. The van der Waals surface area contributed by atoms with Crippen molar-refractivity contribution in [2.45, 2.75) is 32.9 Å². The lowest BCUT2D eigenvalue weighted by Gasteiger charge is -2.38. The molecule has 0 aliphatic carbocycles. The molecule has 102 valence electrons. The fourth-order valence-electron chi connectivity index (χ4n) is 2.47. The minimum atomic E-state index is 0.388. The second kappa shape index (κ2) is 5.55. The summed E-state index contributed by atoms with van der Waals surface area (Å²) in [7, 11) is 4.19. The lowest BCUT2D eigenvalue weighted by molar-refractivity contribution is 0.275. The van der Waals surface area contributed by atoms with Crippen LogP contribution in [-0.2, 0) is 0 Å². The number of hydrogen-bond donors (Lipinski definition) is 1. The van der Waals surface area contributed by atoms with Crippen molar-refractivity contribution in [3.63, 3.8) is 0 Å². The minimum Gasteiger partial charge on any atom is -0.343 e. The fourth-order valence-corrected chi connectivity index (χ4v) is 3.73. The average Bonchev–Trinajstić information content (AvgIpc) is 2.70. The van der Waals surface area contributed by atoms with Crippen molar-refractivity contribution >= 4 is 16.5 Å². The van der Waals surface area contributed by atoms with Gasteiger partial charge in [-0.25, -0.2) is 4.98 Å². The summed E-state index contributed by atoms with van der Waals surface area (Å²) in [6.45, 7) is 9.92. The molecule has 1 aliphatic heterocycles. The highest BCUT2D eigenvalue weighted by Crippen LogP contribution is 2.32. The number of nitrogens with one attached hydrogen (secondary N) is 1. The highest BCUT2D eigenvalue weighted by molar-refractivity contribution is 7.15. The first kappa shape index (κ1) is 13.8. The summed E-state index contributed by atoms with van der Waals surface area (Å²) >= 11 is 1.84. The topological polar surface area (TPSA) is 31.4 Å². The van der Waals surface area contributed by atoms with Crippen molar-refractivity contribution in [2.75, 3.05) is 38.6 Å². The zero-order valence-corrected chi connectivity index (χ0v) is 12.8. The Kier molecular flexibility index (Phi) is 4.25. The van der Waals surface area contributed by atoms with E-state index in [0.29, 0.717) is 12.1 Å². The van der Waals surface area contributed by atoms with Crippen molar-refractivity contribution < 1.29 is 0 Å². The molecule has 2 heterocycles. The van der Waals surface area contributed by atoms with Crippen LogP contribution in [-0.4, -0.2) is 49.7 Å². The summed E-state index contributed by atoms with van der Waals surface area (Å²) in [6, 6.07) is 0.936. The molecule has 0 saturated carbocycles. The molecular weight excluding hydrogens is 244 g/mol. The van der Waals surface area contributed by atoms with Crippen LogP contribution >= 0.6 is 11.3 Å². The summed E-state index contributed by atoms with van der Waals surface area (Å²) in [6.07, 6.45) is 0. The molecule has 1 aromatic heterocycles. The zero-order chi connectivity index (χ0) is 13.3. The highest BCUT2D eigenvalue weighted by Gasteiger charge is 2.25. The van der Waals surface area contributed by atoms with Gasteiger partial charge in [-0.15, -0.1) is 11.3 Å². The van der Waals surface area contributed by atoms with Crippen LogP contribution in [0.25, 0.3) is 0 Å². The van der Waals surface area contributed by atoms with Gasteiger partial charge in [0.1, 0.15) is 0 Å². The van der Waals surface area contributed by atoms with Gasteiger partial charge in [0, 0.05) is 36.6 Å². The number of anilines is 1. The van der Waals surface area contributed by atoms with Gasteiger partial charge >= 0.3 is 0 Å². The van der Waals surface area contributed by atoms with Crippen LogP contribution in [0, 0.1) is 6.92 Å². The molecule has 2 unspecified atom stereocenters.